The van der Waals surface area contributed by atoms with E-state index in [2.05, 4.69) is 16.3 Å². The minimum Gasteiger partial charge on any atom is -0.394 e. The van der Waals surface area contributed by atoms with Crippen molar-refractivity contribution >= 4 is 11.3 Å². The molecule has 4 nitrogen and oxygen atoms in total. The maximum atomic E-state index is 9.57. The third kappa shape index (κ3) is 2.55. The number of thiophene rings is 1. The molecular formula is C11H16N2O2S. The zero-order valence-corrected chi connectivity index (χ0v) is 9.73. The largest absolute Gasteiger partial charge is 0.394 e. The highest BCUT2D eigenvalue weighted by Crippen LogP contribution is 2.30. The predicted octanol–water partition coefficient (Wildman–Crippen LogP) is 0.866. The smallest absolute Gasteiger partial charge is 0.0873 e. The van der Waals surface area contributed by atoms with Gasteiger partial charge in [0.15, 0.2) is 0 Å². The van der Waals surface area contributed by atoms with Gasteiger partial charge >= 0.3 is 0 Å². The molecule has 2 unspecified atom stereocenters. The molecule has 0 radical (unpaired) electrons. The van der Waals surface area contributed by atoms with Gasteiger partial charge in [-0.3, -0.25) is 0 Å². The van der Waals surface area contributed by atoms with Gasteiger partial charge in [-0.25, -0.2) is 0 Å². The van der Waals surface area contributed by atoms with E-state index in [1.807, 2.05) is 23.8 Å². The van der Waals surface area contributed by atoms with E-state index >= 15 is 0 Å². The molecule has 0 aliphatic carbocycles. The summed E-state index contributed by atoms with van der Waals surface area (Å²) < 4.78 is 0. The standard InChI is InChI=1S/C11H16N2O2S/c14-7-9(15)6-10(11-2-1-5-16-11)13-4-3-12-8-13/h1-5,9-10,12,14-15H,6-8H2. The van der Waals surface area contributed by atoms with Crippen LogP contribution in [0, 0.1) is 0 Å². The van der Waals surface area contributed by atoms with E-state index in [0.29, 0.717) is 6.42 Å². The van der Waals surface area contributed by atoms with Gasteiger partial charge in [-0.1, -0.05) is 6.07 Å². The van der Waals surface area contributed by atoms with E-state index in [4.69, 9.17) is 5.11 Å². The number of nitrogens with one attached hydrogen (secondary N) is 1. The zero-order chi connectivity index (χ0) is 11.4. The Labute approximate surface area is 98.8 Å². The first-order chi connectivity index (χ1) is 7.81. The lowest BCUT2D eigenvalue weighted by molar-refractivity contribution is 0.0662. The monoisotopic (exact) mass is 240 g/mol. The molecule has 5 heteroatoms. The molecule has 3 N–H and O–H groups in total. The highest BCUT2D eigenvalue weighted by molar-refractivity contribution is 7.10. The fourth-order valence-corrected chi connectivity index (χ4v) is 2.66. The van der Waals surface area contributed by atoms with Crippen LogP contribution in [0.15, 0.2) is 29.9 Å². The van der Waals surface area contributed by atoms with Gasteiger partial charge < -0.3 is 20.4 Å². The highest BCUT2D eigenvalue weighted by Gasteiger charge is 2.23. The summed E-state index contributed by atoms with van der Waals surface area (Å²) in [6.07, 6.45) is 3.75. The topological polar surface area (TPSA) is 55.7 Å². The first-order valence-corrected chi connectivity index (χ1v) is 6.17. The van der Waals surface area contributed by atoms with Crippen LogP contribution in [0.2, 0.25) is 0 Å². The third-order valence-electron chi connectivity index (χ3n) is 2.64. The third-order valence-corrected chi connectivity index (χ3v) is 3.61. The lowest BCUT2D eigenvalue weighted by Crippen LogP contribution is -2.29. The van der Waals surface area contributed by atoms with Gasteiger partial charge in [0.2, 0.25) is 0 Å². The van der Waals surface area contributed by atoms with Crippen LogP contribution < -0.4 is 5.32 Å². The lowest BCUT2D eigenvalue weighted by Gasteiger charge is -2.28. The molecule has 0 aromatic carbocycles. The molecule has 0 spiro atoms. The minimum absolute atomic E-state index is 0.133. The van der Waals surface area contributed by atoms with Crippen LogP contribution in [0.1, 0.15) is 17.3 Å². The van der Waals surface area contributed by atoms with Gasteiger partial charge in [-0.05, 0) is 11.4 Å². The van der Waals surface area contributed by atoms with Crippen molar-refractivity contribution in [2.45, 2.75) is 18.6 Å². The Morgan fingerprint density at radius 2 is 2.44 bits per heavy atom. The minimum atomic E-state index is -0.666. The zero-order valence-electron chi connectivity index (χ0n) is 8.91. The molecule has 1 aromatic heterocycles. The number of hydrogen-bond donors (Lipinski definition) is 3. The highest BCUT2D eigenvalue weighted by atomic mass is 32.1. The van der Waals surface area contributed by atoms with Gasteiger partial charge in [-0.2, -0.15) is 0 Å². The molecular weight excluding hydrogens is 224 g/mol. The SMILES string of the molecule is OCC(O)CC(c1cccs1)N1C=CNC1. The molecule has 0 bridgehead atoms. The van der Waals surface area contributed by atoms with Crippen molar-refractivity contribution in [1.29, 1.82) is 0 Å². The fraction of sp³-hybridized carbons (Fsp3) is 0.455. The first-order valence-electron chi connectivity index (χ1n) is 5.29. The van der Waals surface area contributed by atoms with E-state index in [-0.39, 0.29) is 12.6 Å². The van der Waals surface area contributed by atoms with E-state index in [1.54, 1.807) is 11.3 Å². The van der Waals surface area contributed by atoms with Crippen molar-refractivity contribution in [1.82, 2.24) is 10.2 Å². The summed E-state index contributed by atoms with van der Waals surface area (Å²) in [5, 5.41) is 23.6. The van der Waals surface area contributed by atoms with Crippen molar-refractivity contribution in [3.8, 4) is 0 Å². The van der Waals surface area contributed by atoms with Gasteiger partial charge in [-0.15, -0.1) is 11.3 Å². The summed E-state index contributed by atoms with van der Waals surface area (Å²) in [5.41, 5.74) is 0. The number of nitrogens with zero attached hydrogens (tertiary/aromatic N) is 1. The fourth-order valence-electron chi connectivity index (χ4n) is 1.80. The summed E-state index contributed by atoms with van der Waals surface area (Å²) in [6, 6.07) is 4.20. The van der Waals surface area contributed by atoms with Crippen LogP contribution in [0.3, 0.4) is 0 Å². The molecule has 1 aliphatic rings. The molecule has 1 aliphatic heterocycles. The molecule has 0 saturated heterocycles. The molecule has 2 rings (SSSR count). The van der Waals surface area contributed by atoms with E-state index < -0.39 is 6.10 Å². The second-order valence-corrected chi connectivity index (χ2v) is 4.77. The number of aliphatic hydroxyl groups is 2. The van der Waals surface area contributed by atoms with Crippen molar-refractivity contribution in [2.24, 2.45) is 0 Å². The summed E-state index contributed by atoms with van der Waals surface area (Å²) in [5.74, 6) is 0. The Morgan fingerprint density at radius 1 is 1.56 bits per heavy atom. The van der Waals surface area contributed by atoms with Gasteiger partial charge in [0.25, 0.3) is 0 Å². The Morgan fingerprint density at radius 3 is 3.00 bits per heavy atom. The van der Waals surface area contributed by atoms with Gasteiger partial charge in [0.1, 0.15) is 0 Å². The van der Waals surface area contributed by atoms with Crippen LogP contribution in [0.25, 0.3) is 0 Å². The molecule has 0 amide bonds. The summed E-state index contributed by atoms with van der Waals surface area (Å²) in [6.45, 7) is 0.563. The summed E-state index contributed by atoms with van der Waals surface area (Å²) >= 11 is 1.67. The predicted molar refractivity (Wildman–Crippen MR) is 63.8 cm³/mol. The number of rotatable bonds is 5. The van der Waals surface area contributed by atoms with Crippen LogP contribution in [0.5, 0.6) is 0 Å². The molecule has 1 aromatic rings. The van der Waals surface area contributed by atoms with E-state index in [1.165, 1.54) is 4.88 Å². The van der Waals surface area contributed by atoms with Crippen LogP contribution in [-0.4, -0.2) is 34.5 Å². The van der Waals surface area contributed by atoms with Gasteiger partial charge in [0.05, 0.1) is 25.4 Å². The Balaban J connectivity index is 2.09. The molecule has 16 heavy (non-hydrogen) atoms. The van der Waals surface area contributed by atoms with Crippen LogP contribution in [-0.2, 0) is 0 Å². The average molecular weight is 240 g/mol. The normalized spacial score (nSPS) is 18.5. The van der Waals surface area contributed by atoms with Crippen molar-refractivity contribution in [3.63, 3.8) is 0 Å². The quantitative estimate of drug-likeness (QED) is 0.715. The van der Waals surface area contributed by atoms with Crippen molar-refractivity contribution in [2.75, 3.05) is 13.3 Å². The molecule has 2 atom stereocenters. The van der Waals surface area contributed by atoms with E-state index in [0.717, 1.165) is 6.67 Å². The molecule has 0 fully saturated rings. The van der Waals surface area contributed by atoms with Crippen molar-refractivity contribution in [3.05, 3.63) is 34.8 Å². The number of hydrogen-bond acceptors (Lipinski definition) is 5. The molecule has 88 valence electrons. The maximum Gasteiger partial charge on any atom is 0.0873 e. The summed E-state index contributed by atoms with van der Waals surface area (Å²) in [4.78, 5) is 3.34. The summed E-state index contributed by atoms with van der Waals surface area (Å²) in [7, 11) is 0. The molecule has 2 heterocycles. The van der Waals surface area contributed by atoms with Crippen LogP contribution in [0.4, 0.5) is 0 Å². The van der Waals surface area contributed by atoms with E-state index in [9.17, 15) is 5.11 Å². The number of aliphatic hydroxyl groups excluding tert-OH is 2. The Kier molecular flexibility index (Phi) is 3.82. The second kappa shape index (κ2) is 5.34. The van der Waals surface area contributed by atoms with Gasteiger partial charge in [0, 0.05) is 23.7 Å². The average Bonchev–Trinajstić information content (AvgIpc) is 2.97. The van der Waals surface area contributed by atoms with Crippen molar-refractivity contribution < 1.29 is 10.2 Å². The lowest BCUT2D eigenvalue weighted by atomic mass is 10.1. The Bertz CT molecular complexity index is 340. The Hall–Kier alpha value is -1.04. The second-order valence-electron chi connectivity index (χ2n) is 3.80. The van der Waals surface area contributed by atoms with Crippen LogP contribution >= 0.6 is 11.3 Å². The first kappa shape index (κ1) is 11.4. The maximum absolute atomic E-state index is 9.57. The molecule has 0 saturated carbocycles.